The third-order valence-corrected chi connectivity index (χ3v) is 11.9. The summed E-state index contributed by atoms with van der Waals surface area (Å²) in [6.45, 7) is 17.8. The molecule has 194 valence electrons. The van der Waals surface area contributed by atoms with E-state index in [0.717, 1.165) is 43.8 Å². The first-order chi connectivity index (χ1) is 17.1. The highest BCUT2D eigenvalue weighted by molar-refractivity contribution is 7.72. The highest BCUT2D eigenvalue weighted by Gasteiger charge is 2.44. The molecule has 0 spiro atoms. The second-order valence-corrected chi connectivity index (χ2v) is 14.2. The van der Waals surface area contributed by atoms with Crippen molar-refractivity contribution in [3.63, 3.8) is 0 Å². The minimum atomic E-state index is -2.93. The van der Waals surface area contributed by atoms with Crippen LogP contribution in [0.1, 0.15) is 108 Å². The zero-order valence-electron chi connectivity index (χ0n) is 23.9. The third-order valence-electron chi connectivity index (χ3n) is 7.89. The van der Waals surface area contributed by atoms with Gasteiger partial charge in [0.25, 0.3) is 0 Å². The lowest BCUT2D eigenvalue weighted by molar-refractivity contribution is 0.541. The van der Waals surface area contributed by atoms with Crippen LogP contribution in [0, 0.1) is 41.5 Å². The van der Waals surface area contributed by atoms with Crippen LogP contribution in [0.4, 0.5) is 0 Å². The predicted molar refractivity (Wildman–Crippen MR) is 160 cm³/mol. The molecule has 0 radical (unpaired) electrons. The van der Waals surface area contributed by atoms with Gasteiger partial charge in [0.1, 0.15) is 7.14 Å². The number of hydrogen-bond acceptors (Lipinski definition) is 1. The van der Waals surface area contributed by atoms with Crippen molar-refractivity contribution in [1.82, 2.24) is 0 Å². The van der Waals surface area contributed by atoms with Gasteiger partial charge in [0.2, 0.25) is 0 Å². The molecule has 3 aromatic rings. The average molecular weight is 503 g/mol. The number of hydrogen-bond donors (Lipinski definition) is 0. The Morgan fingerprint density at radius 1 is 0.611 bits per heavy atom. The molecule has 2 unspecified atom stereocenters. The summed E-state index contributed by atoms with van der Waals surface area (Å²) in [5, 5.41) is 1.05. The van der Waals surface area contributed by atoms with Crippen LogP contribution in [0.3, 0.4) is 0 Å². The Hall–Kier alpha value is -2.11. The van der Waals surface area contributed by atoms with Crippen LogP contribution in [-0.4, -0.2) is 0 Å². The van der Waals surface area contributed by atoms with E-state index in [4.69, 9.17) is 0 Å². The van der Waals surface area contributed by atoms with E-state index in [9.17, 15) is 0 Å². The van der Waals surface area contributed by atoms with Crippen LogP contribution >= 0.6 is 7.14 Å². The van der Waals surface area contributed by atoms with Crippen molar-refractivity contribution in [3.05, 3.63) is 99.1 Å². The van der Waals surface area contributed by atoms with E-state index in [1.165, 1.54) is 44.5 Å². The maximum absolute atomic E-state index is 16.2. The van der Waals surface area contributed by atoms with Gasteiger partial charge in [-0.2, -0.15) is 0 Å². The highest BCUT2D eigenvalue weighted by Crippen LogP contribution is 2.71. The lowest BCUT2D eigenvalue weighted by atomic mass is 9.94. The lowest BCUT2D eigenvalue weighted by Gasteiger charge is -2.38. The van der Waals surface area contributed by atoms with Crippen molar-refractivity contribution in [2.75, 3.05) is 0 Å². The van der Waals surface area contributed by atoms with Crippen LogP contribution in [0.15, 0.2) is 54.6 Å². The van der Waals surface area contributed by atoms with Gasteiger partial charge in [0, 0.05) is 16.6 Å². The molecule has 0 aromatic heterocycles. The largest absolute Gasteiger partial charge is 0.317 e. The minimum Gasteiger partial charge on any atom is -0.317 e. The minimum absolute atomic E-state index is 0.0161. The van der Waals surface area contributed by atoms with Gasteiger partial charge in [-0.25, -0.2) is 0 Å². The first kappa shape index (κ1) is 28.5. The molecule has 0 amide bonds. The molecule has 0 N–H and O–H groups in total. The maximum Gasteiger partial charge on any atom is 0.129 e. The molecule has 0 heterocycles. The monoisotopic (exact) mass is 502 g/mol. The molecule has 0 aliphatic rings. The first-order valence-corrected chi connectivity index (χ1v) is 15.8. The Labute approximate surface area is 221 Å². The summed E-state index contributed by atoms with van der Waals surface area (Å²) in [5.41, 5.74) is 10.4. The molecule has 0 fully saturated rings. The van der Waals surface area contributed by atoms with E-state index in [-0.39, 0.29) is 11.3 Å². The number of rotatable bonds is 11. The van der Waals surface area contributed by atoms with Crippen LogP contribution in [-0.2, 0) is 4.57 Å². The summed E-state index contributed by atoms with van der Waals surface area (Å²) in [4.78, 5) is 0. The van der Waals surface area contributed by atoms with Gasteiger partial charge in [-0.1, -0.05) is 105 Å². The summed E-state index contributed by atoms with van der Waals surface area (Å²) in [5.74, 6) is 0. The lowest BCUT2D eigenvalue weighted by Crippen LogP contribution is -2.21. The van der Waals surface area contributed by atoms with Crippen molar-refractivity contribution in [3.8, 4) is 0 Å². The summed E-state index contributed by atoms with van der Waals surface area (Å²) in [6.07, 6.45) is 6.30. The van der Waals surface area contributed by atoms with E-state index in [1.54, 1.807) is 0 Å². The van der Waals surface area contributed by atoms with Gasteiger partial charge in [0.15, 0.2) is 0 Å². The van der Waals surface area contributed by atoms with Crippen LogP contribution < -0.4 is 5.30 Å². The summed E-state index contributed by atoms with van der Waals surface area (Å²) in [7, 11) is -2.93. The number of benzene rings is 3. The van der Waals surface area contributed by atoms with Gasteiger partial charge in [-0.05, 0) is 87.8 Å². The average Bonchev–Trinajstić information content (AvgIpc) is 2.82. The number of unbranched alkanes of at least 4 members (excludes halogenated alkanes) is 2. The Kier molecular flexibility index (Phi) is 9.82. The van der Waals surface area contributed by atoms with E-state index < -0.39 is 7.14 Å². The zero-order chi connectivity index (χ0) is 26.5. The quantitative estimate of drug-likeness (QED) is 0.238. The molecule has 2 atom stereocenters. The molecule has 0 aliphatic heterocycles. The van der Waals surface area contributed by atoms with Crippen molar-refractivity contribution in [1.29, 1.82) is 0 Å². The third kappa shape index (κ3) is 5.89. The summed E-state index contributed by atoms with van der Waals surface area (Å²) in [6, 6.07) is 19.7. The Morgan fingerprint density at radius 2 is 0.972 bits per heavy atom. The zero-order valence-corrected chi connectivity index (χ0v) is 24.8. The van der Waals surface area contributed by atoms with Crippen LogP contribution in [0.2, 0.25) is 0 Å². The number of aryl methyl sites for hydroxylation is 6. The molecule has 0 aliphatic carbocycles. The van der Waals surface area contributed by atoms with Gasteiger partial charge < -0.3 is 4.57 Å². The molecule has 3 rings (SSSR count). The first-order valence-electron chi connectivity index (χ1n) is 14.0. The standard InChI is InChI=1S/C34H47OP/c1-9-11-18-31(33-26(5)20-24(3)21-27(33)6)36(35,30-16-14-13-15-17-30)32(19-12-10-2)34-28(7)22-25(4)23-29(34)8/h13-17,20-23,31-32H,9-12,18-19H2,1-8H3. The molecule has 2 heteroatoms. The second kappa shape index (κ2) is 12.4. The topological polar surface area (TPSA) is 17.1 Å². The molecule has 0 saturated carbocycles. The van der Waals surface area contributed by atoms with Gasteiger partial charge in [-0.3, -0.25) is 0 Å². The molecule has 0 bridgehead atoms. The molecule has 1 nitrogen and oxygen atoms in total. The van der Waals surface area contributed by atoms with Gasteiger partial charge in [0.05, 0.1) is 0 Å². The fourth-order valence-corrected chi connectivity index (χ4v) is 11.0. The molecule has 36 heavy (non-hydrogen) atoms. The second-order valence-electron chi connectivity index (χ2n) is 11.0. The fraction of sp³-hybridized carbons (Fsp3) is 0.471. The molecule has 0 saturated heterocycles. The smallest absolute Gasteiger partial charge is 0.129 e. The Bertz CT molecular complexity index is 1090. The molecular formula is C34H47OP. The predicted octanol–water partition coefficient (Wildman–Crippen LogP) is 10.4. The van der Waals surface area contributed by atoms with Crippen molar-refractivity contribution in [2.45, 2.75) is 105 Å². The fourth-order valence-electron chi connectivity index (χ4n) is 6.52. The van der Waals surface area contributed by atoms with Crippen LogP contribution in [0.5, 0.6) is 0 Å². The van der Waals surface area contributed by atoms with E-state index in [1.807, 2.05) is 0 Å². The maximum atomic E-state index is 16.2. The van der Waals surface area contributed by atoms with E-state index >= 15 is 4.57 Å². The Morgan fingerprint density at radius 3 is 1.31 bits per heavy atom. The van der Waals surface area contributed by atoms with Crippen molar-refractivity contribution in [2.24, 2.45) is 0 Å². The molecular weight excluding hydrogens is 455 g/mol. The van der Waals surface area contributed by atoms with Crippen molar-refractivity contribution < 1.29 is 4.57 Å². The van der Waals surface area contributed by atoms with Crippen LogP contribution in [0.25, 0.3) is 0 Å². The summed E-state index contributed by atoms with van der Waals surface area (Å²) < 4.78 is 16.2. The van der Waals surface area contributed by atoms with Gasteiger partial charge in [-0.15, -0.1) is 0 Å². The van der Waals surface area contributed by atoms with E-state index in [0.29, 0.717) is 0 Å². The van der Waals surface area contributed by atoms with E-state index in [2.05, 4.69) is 110 Å². The SMILES string of the molecule is CCCCC(c1c(C)cc(C)cc1C)P(=O)(c1ccccc1)C(CCCC)c1c(C)cc(C)cc1C. The Balaban J connectivity index is 2.41. The van der Waals surface area contributed by atoms with Crippen molar-refractivity contribution >= 4 is 12.4 Å². The van der Waals surface area contributed by atoms with Gasteiger partial charge >= 0.3 is 0 Å². The summed E-state index contributed by atoms with van der Waals surface area (Å²) >= 11 is 0. The normalized spacial score (nSPS) is 14.9. The molecule has 3 aromatic carbocycles. The highest BCUT2D eigenvalue weighted by atomic mass is 31.2.